The van der Waals surface area contributed by atoms with Gasteiger partial charge in [-0.25, -0.2) is 0 Å². The number of benzene rings is 2. The molecule has 0 heterocycles. The Kier molecular flexibility index (Phi) is 5.68. The second-order valence-corrected chi connectivity index (χ2v) is 5.76. The molecular formula is C19H25NO. The third-order valence-corrected chi connectivity index (χ3v) is 3.34. The maximum atomic E-state index is 5.76. The lowest BCUT2D eigenvalue weighted by molar-refractivity contribution is 0.271. The second kappa shape index (κ2) is 7.72. The van der Waals surface area contributed by atoms with Crippen LogP contribution < -0.4 is 10.1 Å². The van der Waals surface area contributed by atoms with E-state index < -0.39 is 0 Å². The Labute approximate surface area is 128 Å². The Morgan fingerprint density at radius 3 is 2.43 bits per heavy atom. The van der Waals surface area contributed by atoms with E-state index in [0.29, 0.717) is 5.92 Å². The van der Waals surface area contributed by atoms with E-state index in [0.717, 1.165) is 31.0 Å². The molecule has 0 aromatic heterocycles. The highest BCUT2D eigenvalue weighted by molar-refractivity contribution is 5.45. The first-order valence-corrected chi connectivity index (χ1v) is 7.72. The lowest BCUT2D eigenvalue weighted by Gasteiger charge is -2.11. The largest absolute Gasteiger partial charge is 0.493 e. The zero-order valence-corrected chi connectivity index (χ0v) is 13.2. The molecule has 0 amide bonds. The third kappa shape index (κ3) is 5.14. The van der Waals surface area contributed by atoms with Crippen LogP contribution in [0.25, 0.3) is 0 Å². The standard InChI is InChI=1S/C19H25NO/c1-4-16-8-10-18(11-9-16)20-13-17-6-5-7-19(12-17)21-14-15(2)3/h5-12,15,20H,4,13-14H2,1-3H3. The van der Waals surface area contributed by atoms with Gasteiger partial charge in [0.2, 0.25) is 0 Å². The summed E-state index contributed by atoms with van der Waals surface area (Å²) in [6.07, 6.45) is 1.08. The van der Waals surface area contributed by atoms with E-state index in [1.165, 1.54) is 11.1 Å². The van der Waals surface area contributed by atoms with Crippen LogP contribution in [0.4, 0.5) is 5.69 Å². The molecule has 0 aliphatic heterocycles. The van der Waals surface area contributed by atoms with Crippen molar-refractivity contribution < 1.29 is 4.74 Å². The average Bonchev–Trinajstić information content (AvgIpc) is 2.52. The van der Waals surface area contributed by atoms with Crippen molar-refractivity contribution in [1.82, 2.24) is 0 Å². The molecule has 0 saturated carbocycles. The van der Waals surface area contributed by atoms with E-state index in [2.05, 4.69) is 62.5 Å². The quantitative estimate of drug-likeness (QED) is 0.780. The van der Waals surface area contributed by atoms with Crippen LogP contribution in [-0.2, 0) is 13.0 Å². The summed E-state index contributed by atoms with van der Waals surface area (Å²) in [5.41, 5.74) is 3.75. The van der Waals surface area contributed by atoms with E-state index in [-0.39, 0.29) is 0 Å². The molecule has 112 valence electrons. The predicted molar refractivity (Wildman–Crippen MR) is 89.9 cm³/mol. The van der Waals surface area contributed by atoms with Crippen LogP contribution in [0.2, 0.25) is 0 Å². The minimum atomic E-state index is 0.545. The molecule has 0 saturated heterocycles. The molecule has 0 bridgehead atoms. The molecule has 2 aromatic carbocycles. The van der Waals surface area contributed by atoms with Crippen molar-refractivity contribution in [1.29, 1.82) is 0 Å². The maximum Gasteiger partial charge on any atom is 0.119 e. The van der Waals surface area contributed by atoms with Gasteiger partial charge in [0.05, 0.1) is 6.61 Å². The molecule has 0 aliphatic rings. The summed E-state index contributed by atoms with van der Waals surface area (Å²) in [6, 6.07) is 16.9. The fourth-order valence-corrected chi connectivity index (χ4v) is 2.07. The Morgan fingerprint density at radius 1 is 1.00 bits per heavy atom. The average molecular weight is 283 g/mol. The Bertz CT molecular complexity index is 546. The molecular weight excluding hydrogens is 258 g/mol. The van der Waals surface area contributed by atoms with Gasteiger partial charge >= 0.3 is 0 Å². The smallest absolute Gasteiger partial charge is 0.119 e. The van der Waals surface area contributed by atoms with E-state index in [1.54, 1.807) is 0 Å². The number of anilines is 1. The molecule has 1 N–H and O–H groups in total. The molecule has 21 heavy (non-hydrogen) atoms. The van der Waals surface area contributed by atoms with Crippen LogP contribution in [0.5, 0.6) is 5.75 Å². The normalized spacial score (nSPS) is 10.7. The minimum absolute atomic E-state index is 0.545. The molecule has 2 aromatic rings. The number of aryl methyl sites for hydroxylation is 1. The monoisotopic (exact) mass is 283 g/mol. The van der Waals surface area contributed by atoms with Gasteiger partial charge in [0, 0.05) is 12.2 Å². The molecule has 2 nitrogen and oxygen atoms in total. The Hall–Kier alpha value is -1.96. The third-order valence-electron chi connectivity index (χ3n) is 3.34. The lowest BCUT2D eigenvalue weighted by atomic mass is 10.1. The number of hydrogen-bond acceptors (Lipinski definition) is 2. The van der Waals surface area contributed by atoms with Gasteiger partial charge in [0.15, 0.2) is 0 Å². The van der Waals surface area contributed by atoms with Gasteiger partial charge in [-0.3, -0.25) is 0 Å². The molecule has 0 atom stereocenters. The first kappa shape index (κ1) is 15.4. The Balaban J connectivity index is 1.91. The molecule has 2 heteroatoms. The lowest BCUT2D eigenvalue weighted by Crippen LogP contribution is -2.05. The van der Waals surface area contributed by atoms with Gasteiger partial charge in [-0.05, 0) is 47.7 Å². The molecule has 0 radical (unpaired) electrons. The van der Waals surface area contributed by atoms with Crippen LogP contribution >= 0.6 is 0 Å². The zero-order valence-electron chi connectivity index (χ0n) is 13.2. The summed E-state index contributed by atoms with van der Waals surface area (Å²) in [7, 11) is 0. The molecule has 0 fully saturated rings. The van der Waals surface area contributed by atoms with Crippen LogP contribution in [0.3, 0.4) is 0 Å². The van der Waals surface area contributed by atoms with Crippen LogP contribution in [-0.4, -0.2) is 6.61 Å². The SMILES string of the molecule is CCc1ccc(NCc2cccc(OCC(C)C)c2)cc1. The number of ether oxygens (including phenoxy) is 1. The fourth-order valence-electron chi connectivity index (χ4n) is 2.07. The molecule has 0 aliphatic carbocycles. The number of rotatable bonds is 7. The number of nitrogens with one attached hydrogen (secondary N) is 1. The minimum Gasteiger partial charge on any atom is -0.493 e. The van der Waals surface area contributed by atoms with E-state index in [4.69, 9.17) is 4.74 Å². The highest BCUT2D eigenvalue weighted by atomic mass is 16.5. The molecule has 0 spiro atoms. The van der Waals surface area contributed by atoms with Crippen molar-refractivity contribution in [2.24, 2.45) is 5.92 Å². The molecule has 0 unspecified atom stereocenters. The highest BCUT2D eigenvalue weighted by Gasteiger charge is 2.00. The van der Waals surface area contributed by atoms with E-state index in [1.807, 2.05) is 12.1 Å². The van der Waals surface area contributed by atoms with Gasteiger partial charge in [-0.2, -0.15) is 0 Å². The highest BCUT2D eigenvalue weighted by Crippen LogP contribution is 2.16. The summed E-state index contributed by atoms with van der Waals surface area (Å²) >= 11 is 0. The van der Waals surface area contributed by atoms with Crippen molar-refractivity contribution in [2.45, 2.75) is 33.7 Å². The fraction of sp³-hybridized carbons (Fsp3) is 0.368. The zero-order chi connectivity index (χ0) is 15.1. The van der Waals surface area contributed by atoms with Crippen molar-refractivity contribution >= 4 is 5.69 Å². The van der Waals surface area contributed by atoms with Gasteiger partial charge in [0.25, 0.3) is 0 Å². The van der Waals surface area contributed by atoms with E-state index >= 15 is 0 Å². The summed E-state index contributed by atoms with van der Waals surface area (Å²) < 4.78 is 5.76. The second-order valence-electron chi connectivity index (χ2n) is 5.76. The molecule has 2 rings (SSSR count). The summed E-state index contributed by atoms with van der Waals surface area (Å²) in [5, 5.41) is 3.45. The maximum absolute atomic E-state index is 5.76. The predicted octanol–water partition coefficient (Wildman–Crippen LogP) is 4.90. The van der Waals surface area contributed by atoms with Crippen LogP contribution in [0, 0.1) is 5.92 Å². The Morgan fingerprint density at radius 2 is 1.76 bits per heavy atom. The summed E-state index contributed by atoms with van der Waals surface area (Å²) in [6.45, 7) is 8.06. The number of hydrogen-bond donors (Lipinski definition) is 1. The van der Waals surface area contributed by atoms with Gasteiger partial charge in [-0.1, -0.05) is 45.0 Å². The van der Waals surface area contributed by atoms with Crippen molar-refractivity contribution in [3.8, 4) is 5.75 Å². The van der Waals surface area contributed by atoms with Crippen molar-refractivity contribution in [3.63, 3.8) is 0 Å². The topological polar surface area (TPSA) is 21.3 Å². The van der Waals surface area contributed by atoms with Gasteiger partial charge in [-0.15, -0.1) is 0 Å². The van der Waals surface area contributed by atoms with Crippen LogP contribution in [0.1, 0.15) is 31.9 Å². The first-order chi connectivity index (χ1) is 10.2. The van der Waals surface area contributed by atoms with Gasteiger partial charge < -0.3 is 10.1 Å². The first-order valence-electron chi connectivity index (χ1n) is 7.72. The summed E-state index contributed by atoms with van der Waals surface area (Å²) in [5.74, 6) is 1.49. The van der Waals surface area contributed by atoms with Gasteiger partial charge in [0.1, 0.15) is 5.75 Å². The summed E-state index contributed by atoms with van der Waals surface area (Å²) in [4.78, 5) is 0. The van der Waals surface area contributed by atoms with Crippen molar-refractivity contribution in [2.75, 3.05) is 11.9 Å². The van der Waals surface area contributed by atoms with E-state index in [9.17, 15) is 0 Å². The van der Waals surface area contributed by atoms with Crippen LogP contribution in [0.15, 0.2) is 48.5 Å². The van der Waals surface area contributed by atoms with Crippen molar-refractivity contribution in [3.05, 3.63) is 59.7 Å².